The largest absolute Gasteiger partial charge is 0.252 e. The number of rotatable bonds is 3. The summed E-state index contributed by atoms with van der Waals surface area (Å²) >= 11 is 1.05. The Kier molecular flexibility index (Phi) is 4.61. The quantitative estimate of drug-likeness (QED) is 0.806. The first-order valence-electron chi connectivity index (χ1n) is 6.53. The first-order valence-corrected chi connectivity index (χ1v) is 8.79. The molecule has 104 valence electrons. The standard InChI is InChI=1S/C13H18N2O2S2/c1-15(11-6-4-2-3-5-7-11)19(16,17)13-9-8-12(10-14)18-13/h8-9,11H,2-7H2,1H3. The number of hydrogen-bond donors (Lipinski definition) is 0. The molecule has 4 nitrogen and oxygen atoms in total. The van der Waals surface area contributed by atoms with Gasteiger partial charge in [0, 0.05) is 13.1 Å². The fourth-order valence-corrected chi connectivity index (χ4v) is 5.18. The predicted molar refractivity (Wildman–Crippen MR) is 75.5 cm³/mol. The van der Waals surface area contributed by atoms with Gasteiger partial charge in [-0.05, 0) is 25.0 Å². The van der Waals surface area contributed by atoms with Gasteiger partial charge >= 0.3 is 0 Å². The third kappa shape index (κ3) is 3.16. The highest BCUT2D eigenvalue weighted by atomic mass is 32.2. The van der Waals surface area contributed by atoms with Crippen molar-refractivity contribution in [3.63, 3.8) is 0 Å². The molecular weight excluding hydrogens is 280 g/mol. The van der Waals surface area contributed by atoms with Crippen LogP contribution in [0.2, 0.25) is 0 Å². The summed E-state index contributed by atoms with van der Waals surface area (Å²) in [5, 5.41) is 8.79. The van der Waals surface area contributed by atoms with Crippen LogP contribution in [0.5, 0.6) is 0 Å². The minimum absolute atomic E-state index is 0.0973. The highest BCUT2D eigenvalue weighted by Gasteiger charge is 2.29. The van der Waals surface area contributed by atoms with Crippen molar-refractivity contribution in [2.75, 3.05) is 7.05 Å². The molecule has 1 aromatic rings. The Bertz CT molecular complexity index is 564. The van der Waals surface area contributed by atoms with Crippen LogP contribution < -0.4 is 0 Å². The molecule has 0 unspecified atom stereocenters. The summed E-state index contributed by atoms with van der Waals surface area (Å²) in [5.41, 5.74) is 0. The van der Waals surface area contributed by atoms with Crippen LogP contribution in [0, 0.1) is 11.3 Å². The van der Waals surface area contributed by atoms with Gasteiger partial charge in [0.05, 0.1) is 0 Å². The van der Waals surface area contributed by atoms with Crippen molar-refractivity contribution in [3.05, 3.63) is 17.0 Å². The minimum Gasteiger partial charge on any atom is -0.206 e. The van der Waals surface area contributed by atoms with E-state index in [9.17, 15) is 8.42 Å². The first-order chi connectivity index (χ1) is 9.05. The smallest absolute Gasteiger partial charge is 0.206 e. The molecule has 0 saturated heterocycles. The molecule has 0 bridgehead atoms. The highest BCUT2D eigenvalue weighted by molar-refractivity contribution is 7.91. The molecule has 0 amide bonds. The van der Waals surface area contributed by atoms with Gasteiger partial charge < -0.3 is 0 Å². The lowest BCUT2D eigenvalue weighted by Gasteiger charge is -2.25. The molecule has 0 spiro atoms. The monoisotopic (exact) mass is 298 g/mol. The molecule has 0 aliphatic heterocycles. The summed E-state index contributed by atoms with van der Waals surface area (Å²) in [5.74, 6) is 0. The van der Waals surface area contributed by atoms with E-state index in [0.717, 1.165) is 37.0 Å². The number of sulfonamides is 1. The molecule has 1 fully saturated rings. The molecule has 1 aromatic heterocycles. The van der Waals surface area contributed by atoms with E-state index in [4.69, 9.17) is 5.26 Å². The molecule has 19 heavy (non-hydrogen) atoms. The van der Waals surface area contributed by atoms with Crippen molar-refractivity contribution in [3.8, 4) is 6.07 Å². The summed E-state index contributed by atoms with van der Waals surface area (Å²) in [6, 6.07) is 5.18. The van der Waals surface area contributed by atoms with E-state index < -0.39 is 10.0 Å². The van der Waals surface area contributed by atoms with Gasteiger partial charge in [-0.15, -0.1) is 11.3 Å². The first kappa shape index (κ1) is 14.5. The number of nitriles is 1. The molecule has 0 radical (unpaired) electrons. The second kappa shape index (κ2) is 6.04. The van der Waals surface area contributed by atoms with Crippen LogP contribution in [-0.4, -0.2) is 25.8 Å². The molecule has 1 saturated carbocycles. The topological polar surface area (TPSA) is 61.2 Å². The zero-order valence-electron chi connectivity index (χ0n) is 11.0. The third-order valence-electron chi connectivity index (χ3n) is 3.66. The van der Waals surface area contributed by atoms with Gasteiger partial charge in [0.25, 0.3) is 10.0 Å². The van der Waals surface area contributed by atoms with Crippen LogP contribution in [0.1, 0.15) is 43.4 Å². The molecule has 1 aliphatic carbocycles. The molecular formula is C13H18N2O2S2. The van der Waals surface area contributed by atoms with E-state index in [2.05, 4.69) is 0 Å². The lowest BCUT2D eigenvalue weighted by Crippen LogP contribution is -2.36. The fourth-order valence-electron chi connectivity index (χ4n) is 2.48. The number of hydrogen-bond acceptors (Lipinski definition) is 4. The zero-order chi connectivity index (χ0) is 13.9. The van der Waals surface area contributed by atoms with Crippen LogP contribution in [0.15, 0.2) is 16.3 Å². The van der Waals surface area contributed by atoms with Crippen LogP contribution >= 0.6 is 11.3 Å². The van der Waals surface area contributed by atoms with Crippen molar-refractivity contribution in [1.29, 1.82) is 5.26 Å². The SMILES string of the molecule is CN(C1CCCCCC1)S(=O)(=O)c1ccc(C#N)s1. The highest BCUT2D eigenvalue weighted by Crippen LogP contribution is 2.29. The predicted octanol–water partition coefficient (Wildman–Crippen LogP) is 2.96. The molecule has 0 aromatic carbocycles. The molecule has 1 heterocycles. The maximum Gasteiger partial charge on any atom is 0.252 e. The van der Waals surface area contributed by atoms with Gasteiger partial charge in [0.2, 0.25) is 0 Å². The normalized spacial score (nSPS) is 18.2. The molecule has 0 atom stereocenters. The van der Waals surface area contributed by atoms with Gasteiger partial charge in [-0.2, -0.15) is 9.57 Å². The maximum absolute atomic E-state index is 12.5. The maximum atomic E-state index is 12.5. The summed E-state index contributed by atoms with van der Waals surface area (Å²) < 4.78 is 26.8. The van der Waals surface area contributed by atoms with Gasteiger partial charge in [-0.1, -0.05) is 25.7 Å². The Labute approximate surface area is 118 Å². The average Bonchev–Trinajstić information content (AvgIpc) is 2.74. The second-order valence-electron chi connectivity index (χ2n) is 4.90. The van der Waals surface area contributed by atoms with E-state index in [-0.39, 0.29) is 10.3 Å². The second-order valence-corrected chi connectivity index (χ2v) is 8.21. The lowest BCUT2D eigenvalue weighted by molar-refractivity contribution is 0.336. The fraction of sp³-hybridized carbons (Fsp3) is 0.615. The number of thiophene rings is 1. The van der Waals surface area contributed by atoms with Crippen molar-refractivity contribution >= 4 is 21.4 Å². The van der Waals surface area contributed by atoms with Gasteiger partial charge in [-0.25, -0.2) is 8.42 Å². The van der Waals surface area contributed by atoms with Crippen LogP contribution in [0.3, 0.4) is 0 Å². The average molecular weight is 298 g/mol. The van der Waals surface area contributed by atoms with E-state index in [1.165, 1.54) is 23.2 Å². The number of nitrogens with zero attached hydrogens (tertiary/aromatic N) is 2. The Morgan fingerprint density at radius 2 is 1.89 bits per heavy atom. The Morgan fingerprint density at radius 3 is 2.42 bits per heavy atom. The van der Waals surface area contributed by atoms with Crippen LogP contribution in [0.25, 0.3) is 0 Å². The van der Waals surface area contributed by atoms with Crippen molar-refractivity contribution in [2.24, 2.45) is 0 Å². The van der Waals surface area contributed by atoms with Gasteiger partial charge in [-0.3, -0.25) is 0 Å². The Balaban J connectivity index is 2.20. The van der Waals surface area contributed by atoms with E-state index in [0.29, 0.717) is 4.88 Å². The van der Waals surface area contributed by atoms with Gasteiger partial charge in [0.1, 0.15) is 15.2 Å². The van der Waals surface area contributed by atoms with Crippen molar-refractivity contribution in [2.45, 2.75) is 48.8 Å². The zero-order valence-corrected chi connectivity index (χ0v) is 12.6. The molecule has 6 heteroatoms. The van der Waals surface area contributed by atoms with Crippen LogP contribution in [0.4, 0.5) is 0 Å². The van der Waals surface area contributed by atoms with Crippen LogP contribution in [-0.2, 0) is 10.0 Å². The van der Waals surface area contributed by atoms with E-state index in [1.54, 1.807) is 13.1 Å². The van der Waals surface area contributed by atoms with E-state index >= 15 is 0 Å². The summed E-state index contributed by atoms with van der Waals surface area (Å²) in [4.78, 5) is 0.438. The molecule has 1 aliphatic rings. The third-order valence-corrected chi connectivity index (χ3v) is 7.03. The minimum atomic E-state index is -3.44. The van der Waals surface area contributed by atoms with E-state index in [1.807, 2.05) is 6.07 Å². The molecule has 2 rings (SSSR count). The Morgan fingerprint density at radius 1 is 1.26 bits per heavy atom. The Hall–Kier alpha value is -0.900. The van der Waals surface area contributed by atoms with Gasteiger partial charge in [0.15, 0.2) is 0 Å². The molecule has 0 N–H and O–H groups in total. The summed E-state index contributed by atoms with van der Waals surface area (Å²) in [6.07, 6.45) is 6.46. The lowest BCUT2D eigenvalue weighted by atomic mass is 10.1. The summed E-state index contributed by atoms with van der Waals surface area (Å²) in [7, 11) is -1.78. The van der Waals surface area contributed by atoms with Crippen molar-refractivity contribution < 1.29 is 8.42 Å². The summed E-state index contributed by atoms with van der Waals surface area (Å²) in [6.45, 7) is 0. The van der Waals surface area contributed by atoms with Crippen molar-refractivity contribution in [1.82, 2.24) is 4.31 Å².